The van der Waals surface area contributed by atoms with Crippen molar-refractivity contribution in [1.82, 2.24) is 19.7 Å². The summed E-state index contributed by atoms with van der Waals surface area (Å²) in [6, 6.07) is 11.6. The zero-order valence-corrected chi connectivity index (χ0v) is 16.4. The normalized spacial score (nSPS) is 10.7. The molecule has 0 radical (unpaired) electrons. The second-order valence-electron chi connectivity index (χ2n) is 6.25. The predicted octanol–water partition coefficient (Wildman–Crippen LogP) is 4.18. The maximum atomic E-state index is 12.3. The summed E-state index contributed by atoms with van der Waals surface area (Å²) in [6.07, 6.45) is 5.59. The van der Waals surface area contributed by atoms with E-state index in [2.05, 4.69) is 32.0 Å². The van der Waals surface area contributed by atoms with Gasteiger partial charge in [0.25, 0.3) is 0 Å². The first kappa shape index (κ1) is 19.1. The van der Waals surface area contributed by atoms with Gasteiger partial charge in [0.05, 0.1) is 5.75 Å². The van der Waals surface area contributed by atoms with Crippen LogP contribution in [0.1, 0.15) is 25.3 Å². The molecule has 2 heterocycles. The number of anilines is 1. The number of unbranched alkanes of at least 4 members (excludes halogenated alkanes) is 1. The maximum Gasteiger partial charge on any atom is 0.234 e. The van der Waals surface area contributed by atoms with Gasteiger partial charge in [0.15, 0.2) is 11.0 Å². The average Bonchev–Trinajstić information content (AvgIpc) is 3.10. The molecule has 7 heteroatoms. The van der Waals surface area contributed by atoms with Crippen LogP contribution in [0.2, 0.25) is 0 Å². The third kappa shape index (κ3) is 5.17. The zero-order valence-electron chi connectivity index (χ0n) is 15.6. The monoisotopic (exact) mass is 381 g/mol. The lowest BCUT2D eigenvalue weighted by Gasteiger charge is -2.10. The second kappa shape index (κ2) is 9.32. The van der Waals surface area contributed by atoms with Gasteiger partial charge in [0.1, 0.15) is 0 Å². The lowest BCUT2D eigenvalue weighted by atomic mass is 10.2. The van der Waals surface area contributed by atoms with E-state index in [0.29, 0.717) is 0 Å². The van der Waals surface area contributed by atoms with Crippen LogP contribution >= 0.6 is 11.8 Å². The van der Waals surface area contributed by atoms with Crippen molar-refractivity contribution in [3.05, 3.63) is 54.4 Å². The van der Waals surface area contributed by atoms with Crippen LogP contribution in [0.15, 0.2) is 53.9 Å². The summed E-state index contributed by atoms with van der Waals surface area (Å²) < 4.78 is 2.09. The number of aryl methyl sites for hydroxylation is 1. The van der Waals surface area contributed by atoms with Gasteiger partial charge < -0.3 is 9.88 Å². The lowest BCUT2D eigenvalue weighted by molar-refractivity contribution is -0.113. The van der Waals surface area contributed by atoms with E-state index in [1.165, 1.54) is 11.8 Å². The molecule has 0 fully saturated rings. The Labute approximate surface area is 163 Å². The van der Waals surface area contributed by atoms with Gasteiger partial charge in [0.2, 0.25) is 5.91 Å². The van der Waals surface area contributed by atoms with E-state index < -0.39 is 0 Å². The summed E-state index contributed by atoms with van der Waals surface area (Å²) in [5, 5.41) is 12.3. The van der Waals surface area contributed by atoms with Gasteiger partial charge in [-0.15, -0.1) is 10.2 Å². The first-order valence-corrected chi connectivity index (χ1v) is 9.99. The lowest BCUT2D eigenvalue weighted by Crippen LogP contribution is -2.14. The number of aromatic nitrogens is 4. The molecule has 1 amide bonds. The maximum absolute atomic E-state index is 12.3. The van der Waals surface area contributed by atoms with Gasteiger partial charge in [-0.3, -0.25) is 9.78 Å². The van der Waals surface area contributed by atoms with Crippen LogP contribution in [-0.4, -0.2) is 31.4 Å². The number of pyridine rings is 1. The zero-order chi connectivity index (χ0) is 19.1. The van der Waals surface area contributed by atoms with E-state index in [4.69, 9.17) is 0 Å². The molecule has 0 spiro atoms. The minimum Gasteiger partial charge on any atom is -0.325 e. The minimum absolute atomic E-state index is 0.0562. The summed E-state index contributed by atoms with van der Waals surface area (Å²) in [5.74, 6) is 1.04. The highest BCUT2D eigenvalue weighted by Crippen LogP contribution is 2.24. The second-order valence-corrected chi connectivity index (χ2v) is 7.19. The molecule has 1 aromatic carbocycles. The van der Waals surface area contributed by atoms with Gasteiger partial charge in [-0.2, -0.15) is 0 Å². The number of nitrogens with one attached hydrogen (secondary N) is 1. The highest BCUT2D eigenvalue weighted by Gasteiger charge is 2.15. The molecule has 0 unspecified atom stereocenters. The molecule has 0 saturated heterocycles. The Morgan fingerprint density at radius 1 is 1.11 bits per heavy atom. The molecule has 0 saturated carbocycles. The van der Waals surface area contributed by atoms with E-state index in [9.17, 15) is 4.79 Å². The molecule has 0 aliphatic carbocycles. The Morgan fingerprint density at radius 3 is 2.56 bits per heavy atom. The highest BCUT2D eigenvalue weighted by atomic mass is 32.2. The van der Waals surface area contributed by atoms with Crippen LogP contribution < -0.4 is 5.32 Å². The number of amides is 1. The molecular weight excluding hydrogens is 358 g/mol. The molecular formula is C20H23N5OS. The molecule has 3 aromatic rings. The summed E-state index contributed by atoms with van der Waals surface area (Å²) in [5.41, 5.74) is 2.94. The van der Waals surface area contributed by atoms with Crippen molar-refractivity contribution in [2.24, 2.45) is 0 Å². The van der Waals surface area contributed by atoms with E-state index in [0.717, 1.165) is 47.2 Å². The smallest absolute Gasteiger partial charge is 0.234 e. The topological polar surface area (TPSA) is 72.7 Å². The van der Waals surface area contributed by atoms with Crippen LogP contribution in [0.5, 0.6) is 0 Å². The molecule has 140 valence electrons. The Balaban J connectivity index is 1.69. The molecule has 6 nitrogen and oxygen atoms in total. The molecule has 0 atom stereocenters. The molecule has 27 heavy (non-hydrogen) atoms. The van der Waals surface area contributed by atoms with Crippen LogP contribution in [0.4, 0.5) is 5.69 Å². The average molecular weight is 382 g/mol. The van der Waals surface area contributed by atoms with Crippen LogP contribution in [0, 0.1) is 6.92 Å². The molecule has 0 aliphatic heterocycles. The van der Waals surface area contributed by atoms with Crippen molar-refractivity contribution < 1.29 is 4.79 Å². The van der Waals surface area contributed by atoms with Gasteiger partial charge in [-0.25, -0.2) is 0 Å². The Hall–Kier alpha value is -2.67. The predicted molar refractivity (Wildman–Crippen MR) is 109 cm³/mol. The van der Waals surface area contributed by atoms with Crippen molar-refractivity contribution in [3.8, 4) is 11.4 Å². The number of hydrogen-bond acceptors (Lipinski definition) is 5. The summed E-state index contributed by atoms with van der Waals surface area (Å²) in [6.45, 7) is 4.99. The van der Waals surface area contributed by atoms with Gasteiger partial charge >= 0.3 is 0 Å². The van der Waals surface area contributed by atoms with Crippen molar-refractivity contribution in [1.29, 1.82) is 0 Å². The Kier molecular flexibility index (Phi) is 6.59. The SMILES string of the molecule is CCCCn1c(SCC(=O)Nc2ccc(C)cc2)nnc1-c1ccncc1. The van der Waals surface area contributed by atoms with Crippen molar-refractivity contribution >= 4 is 23.4 Å². The van der Waals surface area contributed by atoms with E-state index in [1.54, 1.807) is 12.4 Å². The first-order valence-electron chi connectivity index (χ1n) is 9.00. The molecule has 3 rings (SSSR count). The first-order chi connectivity index (χ1) is 13.2. The Bertz CT molecular complexity index is 877. The third-order valence-electron chi connectivity index (χ3n) is 4.06. The van der Waals surface area contributed by atoms with Crippen LogP contribution in [-0.2, 0) is 11.3 Å². The van der Waals surface area contributed by atoms with Gasteiger partial charge in [-0.05, 0) is 37.6 Å². The van der Waals surface area contributed by atoms with Crippen LogP contribution in [0.3, 0.4) is 0 Å². The molecule has 1 N–H and O–H groups in total. The van der Waals surface area contributed by atoms with Crippen molar-refractivity contribution in [3.63, 3.8) is 0 Å². The van der Waals surface area contributed by atoms with Gasteiger partial charge in [0, 0.05) is 30.2 Å². The van der Waals surface area contributed by atoms with Crippen LogP contribution in [0.25, 0.3) is 11.4 Å². The molecule has 0 bridgehead atoms. The standard InChI is InChI=1S/C20H23N5OS/c1-3-4-13-25-19(16-9-11-21-12-10-16)23-24-20(25)27-14-18(26)22-17-7-5-15(2)6-8-17/h5-12H,3-4,13-14H2,1-2H3,(H,22,26). The quantitative estimate of drug-likeness (QED) is 0.593. The van der Waals surface area contributed by atoms with Gasteiger partial charge in [-0.1, -0.05) is 42.8 Å². The number of carbonyl (C=O) groups excluding carboxylic acids is 1. The van der Waals surface area contributed by atoms with E-state index in [1.807, 2.05) is 43.3 Å². The fourth-order valence-corrected chi connectivity index (χ4v) is 3.36. The number of carbonyl (C=O) groups is 1. The summed E-state index contributed by atoms with van der Waals surface area (Å²) in [7, 11) is 0. The number of benzene rings is 1. The minimum atomic E-state index is -0.0562. The largest absolute Gasteiger partial charge is 0.325 e. The fraction of sp³-hybridized carbons (Fsp3) is 0.300. The van der Waals surface area contributed by atoms with E-state index in [-0.39, 0.29) is 11.7 Å². The number of rotatable bonds is 8. The molecule has 2 aromatic heterocycles. The third-order valence-corrected chi connectivity index (χ3v) is 5.03. The Morgan fingerprint density at radius 2 is 1.85 bits per heavy atom. The van der Waals surface area contributed by atoms with E-state index >= 15 is 0 Å². The number of hydrogen-bond donors (Lipinski definition) is 1. The molecule has 0 aliphatic rings. The number of nitrogens with zero attached hydrogens (tertiary/aromatic N) is 4. The van der Waals surface area contributed by atoms with Crippen molar-refractivity contribution in [2.75, 3.05) is 11.1 Å². The number of thioether (sulfide) groups is 1. The highest BCUT2D eigenvalue weighted by molar-refractivity contribution is 7.99. The fourth-order valence-electron chi connectivity index (χ4n) is 2.59. The summed E-state index contributed by atoms with van der Waals surface area (Å²) in [4.78, 5) is 16.3. The van der Waals surface area contributed by atoms with Crippen molar-refractivity contribution in [2.45, 2.75) is 38.4 Å². The summed E-state index contributed by atoms with van der Waals surface area (Å²) >= 11 is 1.41.